The number of benzene rings is 1. The van der Waals surface area contributed by atoms with E-state index < -0.39 is 0 Å². The molecule has 1 fully saturated rings. The molecule has 2 amide bonds. The van der Waals surface area contributed by atoms with Gasteiger partial charge in [-0.25, -0.2) is 4.79 Å². The van der Waals surface area contributed by atoms with Gasteiger partial charge in [-0.1, -0.05) is 12.1 Å². The number of nitrogens with zero attached hydrogens (tertiary/aromatic N) is 2. The average Bonchev–Trinajstić information content (AvgIpc) is 2.94. The second-order valence-electron chi connectivity index (χ2n) is 7.20. The van der Waals surface area contributed by atoms with Crippen LogP contribution >= 0.6 is 15.9 Å². The number of rotatable bonds is 2. The van der Waals surface area contributed by atoms with Crippen LogP contribution in [-0.4, -0.2) is 53.5 Å². The number of H-pyrrole nitrogens is 1. The molecule has 2 aliphatic rings. The number of primary amides is 1. The highest BCUT2D eigenvalue weighted by molar-refractivity contribution is 9.10. The molecule has 3 N–H and O–H groups in total. The number of amides is 2. The zero-order valence-electron chi connectivity index (χ0n) is 15.9. The Bertz CT molecular complexity index is 783. The number of hydrogen-bond donors (Lipinski definition) is 2. The fourth-order valence-corrected chi connectivity index (χ4v) is 5.02. The molecule has 0 spiro atoms. The summed E-state index contributed by atoms with van der Waals surface area (Å²) in [4.78, 5) is 17.9. The largest absolute Gasteiger partial charge is 0.351 e. The van der Waals surface area contributed by atoms with E-state index >= 15 is 0 Å². The molecule has 2 heterocycles. The minimum atomic E-state index is -0.338. The van der Waals surface area contributed by atoms with Gasteiger partial charge in [-0.2, -0.15) is 0 Å². The highest BCUT2D eigenvalue weighted by Gasteiger charge is 2.36. The number of nitrogens with one attached hydrogen (secondary N) is 1. The second-order valence-corrected chi connectivity index (χ2v) is 7.99. The first-order valence-electron chi connectivity index (χ1n) is 9.51. The minimum Gasteiger partial charge on any atom is -0.351 e. The summed E-state index contributed by atoms with van der Waals surface area (Å²) in [5.74, 6) is 0.725. The van der Waals surface area contributed by atoms with Crippen LogP contribution in [0.2, 0.25) is 0 Å². The van der Waals surface area contributed by atoms with E-state index in [1.807, 2.05) is 13.8 Å². The first kappa shape index (κ1) is 19.2. The maximum Gasteiger partial charge on any atom is 0.314 e. The molecule has 6 heteroatoms. The van der Waals surface area contributed by atoms with Crippen molar-refractivity contribution in [1.29, 1.82) is 0 Å². The third-order valence-electron chi connectivity index (χ3n) is 5.85. The third kappa shape index (κ3) is 3.49. The quantitative estimate of drug-likeness (QED) is 0.768. The molecule has 0 bridgehead atoms. The molecule has 26 heavy (non-hydrogen) atoms. The molecule has 1 aliphatic heterocycles. The lowest BCUT2D eigenvalue weighted by molar-refractivity contribution is 0.157. The molecule has 2 aromatic rings. The lowest BCUT2D eigenvalue weighted by Gasteiger charge is -2.42. The van der Waals surface area contributed by atoms with Crippen LogP contribution in [0.3, 0.4) is 0 Å². The Morgan fingerprint density at radius 3 is 2.73 bits per heavy atom. The number of halogens is 1. The summed E-state index contributed by atoms with van der Waals surface area (Å²) in [7, 11) is 2.28. The molecule has 1 aliphatic carbocycles. The predicted molar refractivity (Wildman–Crippen MR) is 111 cm³/mol. The fourth-order valence-electron chi connectivity index (χ4n) is 4.45. The monoisotopic (exact) mass is 420 g/mol. The van der Waals surface area contributed by atoms with Gasteiger partial charge in [0, 0.05) is 36.0 Å². The van der Waals surface area contributed by atoms with Crippen molar-refractivity contribution < 1.29 is 4.79 Å². The molecule has 4 rings (SSSR count). The number of piperidine rings is 1. The molecular formula is C20H29BrN4O. The SMILES string of the molecule is CCN(CC)C(N)=O.CN1CCCC2c3cccc4[nH]c(Br)c(c34)C[C@H]21. The Morgan fingerprint density at radius 2 is 2.12 bits per heavy atom. The Hall–Kier alpha value is -1.53. The summed E-state index contributed by atoms with van der Waals surface area (Å²) in [6.45, 7) is 6.44. The molecule has 1 aromatic heterocycles. The van der Waals surface area contributed by atoms with Crippen molar-refractivity contribution in [3.05, 3.63) is 33.9 Å². The van der Waals surface area contributed by atoms with E-state index in [1.54, 1.807) is 10.5 Å². The van der Waals surface area contributed by atoms with E-state index in [1.165, 1.54) is 46.9 Å². The summed E-state index contributed by atoms with van der Waals surface area (Å²) in [6, 6.07) is 7.07. The highest BCUT2D eigenvalue weighted by atomic mass is 79.9. The first-order valence-corrected chi connectivity index (χ1v) is 10.3. The number of likely N-dealkylation sites (N-methyl/N-ethyl adjacent to an activating group) is 1. The van der Waals surface area contributed by atoms with Crippen LogP contribution in [0.5, 0.6) is 0 Å². The van der Waals surface area contributed by atoms with Gasteiger partial charge in [-0.15, -0.1) is 0 Å². The first-order chi connectivity index (χ1) is 12.5. The van der Waals surface area contributed by atoms with Crippen molar-refractivity contribution in [1.82, 2.24) is 14.8 Å². The van der Waals surface area contributed by atoms with E-state index in [2.05, 4.69) is 51.1 Å². The number of aromatic amines is 1. The van der Waals surface area contributed by atoms with Crippen molar-refractivity contribution in [2.75, 3.05) is 26.7 Å². The number of likely N-dealkylation sites (tertiary alicyclic amines) is 1. The predicted octanol–water partition coefficient (Wildman–Crippen LogP) is 4.07. The van der Waals surface area contributed by atoms with Gasteiger partial charge in [0.25, 0.3) is 0 Å². The van der Waals surface area contributed by atoms with Crippen molar-refractivity contribution in [2.24, 2.45) is 5.73 Å². The number of carbonyl (C=O) groups excluding carboxylic acids is 1. The summed E-state index contributed by atoms with van der Waals surface area (Å²) in [5, 5.41) is 1.49. The van der Waals surface area contributed by atoms with Gasteiger partial charge in [0.1, 0.15) is 0 Å². The average molecular weight is 421 g/mol. The van der Waals surface area contributed by atoms with E-state index in [-0.39, 0.29) is 6.03 Å². The fraction of sp³-hybridized carbons (Fsp3) is 0.550. The Morgan fingerprint density at radius 1 is 1.38 bits per heavy atom. The van der Waals surface area contributed by atoms with Crippen molar-refractivity contribution in [3.63, 3.8) is 0 Å². The van der Waals surface area contributed by atoms with E-state index in [0.29, 0.717) is 19.1 Å². The lowest BCUT2D eigenvalue weighted by atomic mass is 9.75. The molecule has 0 radical (unpaired) electrons. The number of carbonyl (C=O) groups is 1. The van der Waals surface area contributed by atoms with Crippen LogP contribution in [0, 0.1) is 0 Å². The maximum absolute atomic E-state index is 10.3. The van der Waals surface area contributed by atoms with Crippen molar-refractivity contribution >= 4 is 32.9 Å². The normalized spacial score (nSPS) is 21.7. The zero-order chi connectivity index (χ0) is 18.8. The van der Waals surface area contributed by atoms with Gasteiger partial charge < -0.3 is 20.5 Å². The number of urea groups is 1. The van der Waals surface area contributed by atoms with Crippen molar-refractivity contribution in [2.45, 2.75) is 45.1 Å². The van der Waals surface area contributed by atoms with Gasteiger partial charge in [-0.05, 0) is 79.8 Å². The summed E-state index contributed by atoms with van der Waals surface area (Å²) in [6.07, 6.45) is 3.85. The third-order valence-corrected chi connectivity index (χ3v) is 6.53. The van der Waals surface area contributed by atoms with Crippen molar-refractivity contribution in [3.8, 4) is 0 Å². The van der Waals surface area contributed by atoms with Gasteiger partial charge in [0.2, 0.25) is 0 Å². The number of nitrogens with two attached hydrogens (primary N) is 1. The molecule has 2 atom stereocenters. The second kappa shape index (κ2) is 8.01. The maximum atomic E-state index is 10.3. The smallest absolute Gasteiger partial charge is 0.314 e. The van der Waals surface area contributed by atoms with Gasteiger partial charge in [0.15, 0.2) is 0 Å². The summed E-state index contributed by atoms with van der Waals surface area (Å²) >= 11 is 3.70. The van der Waals surface area contributed by atoms with Crippen LogP contribution in [0.4, 0.5) is 4.79 Å². The number of hydrogen-bond acceptors (Lipinski definition) is 2. The topological polar surface area (TPSA) is 65.4 Å². The number of fused-ring (bicyclic) bond motifs is 2. The van der Waals surface area contributed by atoms with Gasteiger partial charge in [-0.3, -0.25) is 0 Å². The summed E-state index contributed by atoms with van der Waals surface area (Å²) < 4.78 is 1.18. The zero-order valence-corrected chi connectivity index (χ0v) is 17.5. The Labute approximate surface area is 164 Å². The van der Waals surface area contributed by atoms with E-state index in [4.69, 9.17) is 5.73 Å². The Balaban J connectivity index is 0.000000211. The van der Waals surface area contributed by atoms with Gasteiger partial charge >= 0.3 is 6.03 Å². The van der Waals surface area contributed by atoms with Crippen LogP contribution < -0.4 is 5.73 Å². The molecule has 0 saturated carbocycles. The standard InChI is InChI=1S/C15H17BrN2.C5H12N2O/c1-18-7-3-5-9-10-4-2-6-12-14(10)11(8-13(9)18)15(16)17-12;1-3-7(4-2)5(6)8/h2,4,6,9,13,17H,3,5,7-8H2,1H3;3-4H2,1-2H3,(H2,6,8)/t9?,13-;/m1./s1. The van der Waals surface area contributed by atoms with Crippen LogP contribution in [0.1, 0.15) is 43.7 Å². The molecule has 1 aromatic carbocycles. The lowest BCUT2D eigenvalue weighted by Crippen LogP contribution is -2.44. The van der Waals surface area contributed by atoms with Crippen LogP contribution in [0.15, 0.2) is 22.8 Å². The molecule has 1 unspecified atom stereocenters. The van der Waals surface area contributed by atoms with Crippen LogP contribution in [0.25, 0.3) is 10.9 Å². The molecule has 5 nitrogen and oxygen atoms in total. The van der Waals surface area contributed by atoms with Crippen LogP contribution in [-0.2, 0) is 6.42 Å². The minimum absolute atomic E-state index is 0.338. The number of aromatic nitrogens is 1. The molecule has 1 saturated heterocycles. The molecule has 142 valence electrons. The summed E-state index contributed by atoms with van der Waals surface area (Å²) in [5.41, 5.74) is 9.28. The highest BCUT2D eigenvalue weighted by Crippen LogP contribution is 2.44. The molecular weight excluding hydrogens is 392 g/mol. The Kier molecular flexibility index (Phi) is 5.92. The van der Waals surface area contributed by atoms with Gasteiger partial charge in [0.05, 0.1) is 4.60 Å². The van der Waals surface area contributed by atoms with E-state index in [0.717, 1.165) is 5.92 Å². The van der Waals surface area contributed by atoms with E-state index in [9.17, 15) is 4.79 Å².